The molecule has 0 saturated carbocycles. The Morgan fingerprint density at radius 1 is 1.31 bits per heavy atom. The minimum Gasteiger partial charge on any atom is -0.491 e. The van der Waals surface area contributed by atoms with E-state index in [1.165, 1.54) is 15.9 Å². The highest BCUT2D eigenvalue weighted by Gasteiger charge is 2.35. The summed E-state index contributed by atoms with van der Waals surface area (Å²) in [5, 5.41) is 0.516. The maximum Gasteiger partial charge on any atom is 0.338 e. The van der Waals surface area contributed by atoms with Crippen molar-refractivity contribution < 1.29 is 19.0 Å². The van der Waals surface area contributed by atoms with Gasteiger partial charge in [0.05, 0.1) is 32.1 Å². The van der Waals surface area contributed by atoms with Gasteiger partial charge in [0, 0.05) is 16.1 Å². The molecule has 1 aliphatic heterocycles. The van der Waals surface area contributed by atoms with Gasteiger partial charge in [0.2, 0.25) is 0 Å². The van der Waals surface area contributed by atoms with E-state index in [4.69, 9.17) is 25.8 Å². The number of fused-ring (bicyclic) bond motifs is 1. The number of halogens is 2. The average Bonchev–Trinajstić information content (AvgIpc) is 3.17. The third-order valence-corrected chi connectivity index (χ3v) is 7.76. The lowest BCUT2D eigenvalue weighted by atomic mass is 9.95. The van der Waals surface area contributed by atoms with Crippen molar-refractivity contribution in [2.24, 2.45) is 4.99 Å². The number of nitrogens with zero attached hydrogens (tertiary/aromatic N) is 2. The number of hydrogen-bond donors (Lipinski definition) is 0. The van der Waals surface area contributed by atoms with E-state index >= 15 is 0 Å². The number of esters is 1. The first-order valence-electron chi connectivity index (χ1n) is 12.3. The standard InChI is InChI=1S/C29H28ClIN2O5S/c1-6-12-37-26-18(13-19(30)15-21(26)31)14-23-27(34)33-25(20-10-8-9-11-22(20)38-16(3)4)24(28(35)36-7-2)17(5)32-29(33)39-23/h6,8-11,13-16,25H,1,7,12H2,2-5H3/b23-14-/t25-/m1/s1. The van der Waals surface area contributed by atoms with Crippen molar-refractivity contribution in [2.45, 2.75) is 39.8 Å². The lowest BCUT2D eigenvalue weighted by molar-refractivity contribution is -0.139. The number of carbonyl (C=O) groups is 1. The van der Waals surface area contributed by atoms with E-state index in [-0.39, 0.29) is 18.3 Å². The maximum atomic E-state index is 14.0. The van der Waals surface area contributed by atoms with E-state index in [1.807, 2.05) is 38.1 Å². The number of aromatic nitrogens is 1. The van der Waals surface area contributed by atoms with E-state index in [1.54, 1.807) is 38.1 Å². The van der Waals surface area contributed by atoms with Gasteiger partial charge in [0.1, 0.15) is 24.1 Å². The molecule has 2 heterocycles. The van der Waals surface area contributed by atoms with E-state index in [2.05, 4.69) is 34.2 Å². The fourth-order valence-corrected chi connectivity index (χ4v) is 6.53. The molecule has 1 aliphatic rings. The summed E-state index contributed by atoms with van der Waals surface area (Å²) >= 11 is 9.74. The second kappa shape index (κ2) is 12.5. The Morgan fingerprint density at radius 2 is 2.05 bits per heavy atom. The van der Waals surface area contributed by atoms with Crippen molar-refractivity contribution in [1.29, 1.82) is 0 Å². The number of benzene rings is 2. The van der Waals surface area contributed by atoms with Crippen LogP contribution in [0.4, 0.5) is 0 Å². The first-order chi connectivity index (χ1) is 18.7. The third kappa shape index (κ3) is 6.15. The van der Waals surface area contributed by atoms with Crippen LogP contribution in [0.15, 0.2) is 70.1 Å². The molecule has 10 heteroatoms. The van der Waals surface area contributed by atoms with Gasteiger partial charge < -0.3 is 14.2 Å². The zero-order valence-electron chi connectivity index (χ0n) is 22.0. The van der Waals surface area contributed by atoms with Gasteiger partial charge in [-0.1, -0.05) is 53.8 Å². The van der Waals surface area contributed by atoms with Crippen molar-refractivity contribution in [3.8, 4) is 11.5 Å². The van der Waals surface area contributed by atoms with Gasteiger partial charge in [-0.25, -0.2) is 9.79 Å². The van der Waals surface area contributed by atoms with Crippen LogP contribution in [0.25, 0.3) is 6.08 Å². The lowest BCUT2D eigenvalue weighted by Crippen LogP contribution is -2.40. The molecule has 0 saturated heterocycles. The SMILES string of the molecule is C=CCOc1c(I)cc(Cl)cc1/C=c1\sc2n(c1=O)[C@H](c1ccccc1OC(C)C)C(C(=O)OCC)=C(C)N=2. The Balaban J connectivity index is 1.99. The molecule has 0 fully saturated rings. The number of carbonyl (C=O) groups excluding carboxylic acids is 1. The van der Waals surface area contributed by atoms with E-state index in [0.717, 1.165) is 3.57 Å². The van der Waals surface area contributed by atoms with E-state index in [9.17, 15) is 9.59 Å². The minimum atomic E-state index is -0.784. The van der Waals surface area contributed by atoms with Crippen molar-refractivity contribution >= 4 is 57.6 Å². The first-order valence-corrected chi connectivity index (χ1v) is 14.6. The van der Waals surface area contributed by atoms with Gasteiger partial charge in [0.15, 0.2) is 4.80 Å². The van der Waals surface area contributed by atoms with Gasteiger partial charge in [0.25, 0.3) is 5.56 Å². The molecule has 0 amide bonds. The quantitative estimate of drug-likeness (QED) is 0.172. The molecule has 0 radical (unpaired) electrons. The summed E-state index contributed by atoms with van der Waals surface area (Å²) in [7, 11) is 0. The minimum absolute atomic E-state index is 0.114. The molecule has 204 valence electrons. The van der Waals surface area contributed by atoms with Crippen LogP contribution in [0.3, 0.4) is 0 Å². The van der Waals surface area contributed by atoms with Gasteiger partial charge >= 0.3 is 5.97 Å². The number of rotatable bonds is 9. The fourth-order valence-electron chi connectivity index (χ4n) is 4.28. The van der Waals surface area contributed by atoms with Crippen molar-refractivity contribution in [1.82, 2.24) is 4.57 Å². The van der Waals surface area contributed by atoms with Gasteiger partial charge in [-0.15, -0.1) is 0 Å². The fraction of sp³-hybridized carbons (Fsp3) is 0.276. The molecule has 39 heavy (non-hydrogen) atoms. The Kier molecular flexibility index (Phi) is 9.35. The maximum absolute atomic E-state index is 14.0. The highest BCUT2D eigenvalue weighted by atomic mass is 127. The number of allylic oxidation sites excluding steroid dienone is 1. The molecule has 3 aromatic rings. The Bertz CT molecular complexity index is 1640. The summed E-state index contributed by atoms with van der Waals surface area (Å²) in [6.07, 6.45) is 3.28. The van der Waals surface area contributed by atoms with Crippen LogP contribution in [0.5, 0.6) is 11.5 Å². The molecular formula is C29H28ClIN2O5S. The smallest absolute Gasteiger partial charge is 0.338 e. The van der Waals surface area contributed by atoms with Crippen LogP contribution in [0, 0.1) is 3.57 Å². The third-order valence-electron chi connectivity index (χ3n) is 5.76. The number of hydrogen-bond acceptors (Lipinski definition) is 7. The molecular weight excluding hydrogens is 651 g/mol. The summed E-state index contributed by atoms with van der Waals surface area (Å²) in [6.45, 7) is 11.6. The second-order valence-corrected chi connectivity index (χ2v) is 11.5. The largest absolute Gasteiger partial charge is 0.491 e. The van der Waals surface area contributed by atoms with Crippen LogP contribution >= 0.6 is 45.5 Å². The van der Waals surface area contributed by atoms with Crippen LogP contribution in [-0.2, 0) is 9.53 Å². The molecule has 0 unspecified atom stereocenters. The highest BCUT2D eigenvalue weighted by molar-refractivity contribution is 14.1. The van der Waals surface area contributed by atoms with Crippen LogP contribution in [0.2, 0.25) is 5.02 Å². The van der Waals surface area contributed by atoms with Crippen molar-refractivity contribution in [3.63, 3.8) is 0 Å². The molecule has 0 spiro atoms. The first kappa shape index (κ1) is 29.1. The normalized spacial score (nSPS) is 15.2. The zero-order chi connectivity index (χ0) is 28.3. The Morgan fingerprint density at radius 3 is 2.74 bits per heavy atom. The van der Waals surface area contributed by atoms with Crippen LogP contribution in [-0.4, -0.2) is 29.9 Å². The molecule has 1 aromatic heterocycles. The molecule has 0 N–H and O–H groups in total. The monoisotopic (exact) mass is 678 g/mol. The molecule has 4 rings (SSSR count). The van der Waals surface area contributed by atoms with Crippen molar-refractivity contribution in [2.75, 3.05) is 13.2 Å². The number of ether oxygens (including phenoxy) is 3. The lowest BCUT2D eigenvalue weighted by Gasteiger charge is -2.26. The average molecular weight is 679 g/mol. The zero-order valence-corrected chi connectivity index (χ0v) is 25.7. The predicted octanol–water partition coefficient (Wildman–Crippen LogP) is 5.41. The summed E-state index contributed by atoms with van der Waals surface area (Å²) < 4.78 is 20.2. The molecule has 1 atom stereocenters. The van der Waals surface area contributed by atoms with E-state index in [0.29, 0.717) is 54.9 Å². The molecule has 0 bridgehead atoms. The number of thiazole rings is 1. The topological polar surface area (TPSA) is 79.1 Å². The second-order valence-electron chi connectivity index (χ2n) is 8.91. The van der Waals surface area contributed by atoms with Crippen molar-refractivity contribution in [3.05, 3.63) is 99.7 Å². The summed E-state index contributed by atoms with van der Waals surface area (Å²) in [4.78, 5) is 32.4. The summed E-state index contributed by atoms with van der Waals surface area (Å²) in [5.41, 5.74) is 1.80. The summed E-state index contributed by atoms with van der Waals surface area (Å²) in [5.74, 6) is 0.649. The highest BCUT2D eigenvalue weighted by Crippen LogP contribution is 2.36. The summed E-state index contributed by atoms with van der Waals surface area (Å²) in [6, 6.07) is 10.2. The molecule has 2 aromatic carbocycles. The Hall–Kier alpha value is -2.89. The molecule has 7 nitrogen and oxygen atoms in total. The van der Waals surface area contributed by atoms with Gasteiger partial charge in [-0.3, -0.25) is 9.36 Å². The predicted molar refractivity (Wildman–Crippen MR) is 162 cm³/mol. The Labute approximate surface area is 249 Å². The van der Waals surface area contributed by atoms with Crippen LogP contribution < -0.4 is 24.4 Å². The van der Waals surface area contributed by atoms with Gasteiger partial charge in [-0.2, -0.15) is 0 Å². The van der Waals surface area contributed by atoms with E-state index < -0.39 is 12.0 Å². The number of para-hydroxylation sites is 1. The van der Waals surface area contributed by atoms with Crippen LogP contribution in [0.1, 0.15) is 44.9 Å². The molecule has 0 aliphatic carbocycles. The van der Waals surface area contributed by atoms with Gasteiger partial charge in [-0.05, 0) is 74.6 Å².